The molecule has 53 valence electrons. The van der Waals surface area contributed by atoms with Crippen LogP contribution >= 0.6 is 0 Å². The van der Waals surface area contributed by atoms with Crippen molar-refractivity contribution in [3.05, 3.63) is 0 Å². The Morgan fingerprint density at radius 2 is 1.44 bits per heavy atom. The van der Waals surface area contributed by atoms with Gasteiger partial charge in [-0.15, -0.1) is 0 Å². The van der Waals surface area contributed by atoms with Crippen molar-refractivity contribution in [2.45, 2.75) is 44.5 Å². The van der Waals surface area contributed by atoms with Crippen LogP contribution in [0.1, 0.15) is 41.0 Å². The fourth-order valence-corrected chi connectivity index (χ4v) is 0.946. The molecule has 0 nitrogen and oxygen atoms in total. The van der Waals surface area contributed by atoms with E-state index in [-0.39, 0.29) is 0 Å². The maximum absolute atomic E-state index is 2.35. The second-order valence-corrected chi connectivity index (χ2v) is 7.43. The first-order valence-corrected chi connectivity index (χ1v) is 4.99. The molecule has 0 aliphatic heterocycles. The molecule has 0 aromatic rings. The molecule has 0 fully saturated rings. The van der Waals surface area contributed by atoms with E-state index >= 15 is 0 Å². The standard InChI is InChI=1S/C8H17.Sn/c1-6-8(4,5)7(2)3;/h6H2,1-5H3;. The van der Waals surface area contributed by atoms with Gasteiger partial charge in [0.25, 0.3) is 0 Å². The molecule has 0 atom stereocenters. The van der Waals surface area contributed by atoms with Crippen LogP contribution in [0, 0.1) is 5.41 Å². The topological polar surface area (TPSA) is 0 Å². The summed E-state index contributed by atoms with van der Waals surface area (Å²) in [4.78, 5) is 0. The second kappa shape index (κ2) is 2.81. The van der Waals surface area contributed by atoms with E-state index in [0.717, 1.165) is 0 Å². The van der Waals surface area contributed by atoms with Crippen LogP contribution in [0.5, 0.6) is 0 Å². The molecule has 9 heavy (non-hydrogen) atoms. The van der Waals surface area contributed by atoms with Crippen LogP contribution in [0.3, 0.4) is 0 Å². The summed E-state index contributed by atoms with van der Waals surface area (Å²) in [5.74, 6) is 0. The van der Waals surface area contributed by atoms with Crippen molar-refractivity contribution in [2.75, 3.05) is 0 Å². The van der Waals surface area contributed by atoms with Crippen LogP contribution in [0.4, 0.5) is 0 Å². The van der Waals surface area contributed by atoms with Crippen LogP contribution in [-0.4, -0.2) is 22.5 Å². The van der Waals surface area contributed by atoms with Crippen molar-refractivity contribution < 1.29 is 0 Å². The van der Waals surface area contributed by atoms with Gasteiger partial charge < -0.3 is 0 Å². The molecule has 0 spiro atoms. The summed E-state index contributed by atoms with van der Waals surface area (Å²) in [5.41, 5.74) is 0.519. The van der Waals surface area contributed by atoms with E-state index in [1.165, 1.54) is 6.42 Å². The molecular formula is C8H17Sn. The van der Waals surface area contributed by atoms with Gasteiger partial charge in [-0.3, -0.25) is 0 Å². The summed E-state index contributed by atoms with van der Waals surface area (Å²) in [5, 5.41) is 0. The molecule has 0 bridgehead atoms. The molecular weight excluding hydrogens is 215 g/mol. The Bertz CT molecular complexity index is 87.2. The monoisotopic (exact) mass is 233 g/mol. The molecule has 0 N–H and O–H groups in total. The zero-order chi connectivity index (χ0) is 7.71. The van der Waals surface area contributed by atoms with Gasteiger partial charge in [0, 0.05) is 0 Å². The van der Waals surface area contributed by atoms with Crippen molar-refractivity contribution in [3.8, 4) is 0 Å². The molecule has 1 heteroatoms. The summed E-state index contributed by atoms with van der Waals surface area (Å²) in [6.07, 6.45) is 1.28. The molecule has 0 amide bonds. The Hall–Kier alpha value is 0.799. The molecule has 0 rings (SSSR count). The van der Waals surface area contributed by atoms with Gasteiger partial charge in [-0.2, -0.15) is 0 Å². The fourth-order valence-electron chi connectivity index (χ4n) is 0.442. The van der Waals surface area contributed by atoms with E-state index < -0.39 is 0 Å². The van der Waals surface area contributed by atoms with Crippen LogP contribution in [0.15, 0.2) is 0 Å². The van der Waals surface area contributed by atoms with Gasteiger partial charge >= 0.3 is 72.4 Å². The van der Waals surface area contributed by atoms with Gasteiger partial charge in [-0.1, -0.05) is 0 Å². The molecule has 0 aromatic carbocycles. The Kier molecular flexibility index (Phi) is 3.06. The average Bonchev–Trinajstić information content (AvgIpc) is 1.64. The van der Waals surface area contributed by atoms with Gasteiger partial charge in [0.2, 0.25) is 0 Å². The minimum absolute atomic E-state index is 0.519. The number of hydrogen-bond acceptors (Lipinski definition) is 0. The molecule has 0 heterocycles. The Morgan fingerprint density at radius 3 is 1.44 bits per heavy atom. The van der Waals surface area contributed by atoms with E-state index in [0.29, 0.717) is 8.85 Å². The third-order valence-corrected chi connectivity index (χ3v) is 4.51. The summed E-state index contributed by atoms with van der Waals surface area (Å²) < 4.78 is 0.536. The van der Waals surface area contributed by atoms with Crippen molar-refractivity contribution in [1.82, 2.24) is 0 Å². The first kappa shape index (κ1) is 9.80. The van der Waals surface area contributed by atoms with Crippen LogP contribution in [0.2, 0.25) is 3.43 Å². The van der Waals surface area contributed by atoms with Crippen LogP contribution in [-0.2, 0) is 0 Å². The number of rotatable bonds is 2. The summed E-state index contributed by atoms with van der Waals surface area (Å²) >= 11 is 1.65. The normalized spacial score (nSPS) is 14.0. The summed E-state index contributed by atoms with van der Waals surface area (Å²) in [6, 6.07) is 0. The van der Waals surface area contributed by atoms with Gasteiger partial charge in [-0.05, 0) is 0 Å². The first-order valence-electron chi connectivity index (χ1n) is 3.56. The zero-order valence-corrected chi connectivity index (χ0v) is 10.1. The molecule has 0 saturated heterocycles. The van der Waals surface area contributed by atoms with Gasteiger partial charge in [0.05, 0.1) is 0 Å². The summed E-state index contributed by atoms with van der Waals surface area (Å²) in [6.45, 7) is 11.7. The molecule has 3 radical (unpaired) electrons. The Labute approximate surface area is 72.5 Å². The van der Waals surface area contributed by atoms with E-state index in [1.54, 1.807) is 22.5 Å². The molecule has 0 aliphatic carbocycles. The van der Waals surface area contributed by atoms with E-state index in [4.69, 9.17) is 0 Å². The fraction of sp³-hybridized carbons (Fsp3) is 1.00. The summed E-state index contributed by atoms with van der Waals surface area (Å²) in [7, 11) is 0. The van der Waals surface area contributed by atoms with Crippen LogP contribution < -0.4 is 0 Å². The second-order valence-electron chi connectivity index (χ2n) is 3.86. The Morgan fingerprint density at radius 1 is 1.11 bits per heavy atom. The number of hydrogen-bond donors (Lipinski definition) is 0. The predicted octanol–water partition coefficient (Wildman–Crippen LogP) is 2.79. The zero-order valence-electron chi connectivity index (χ0n) is 7.21. The average molecular weight is 232 g/mol. The van der Waals surface area contributed by atoms with Crippen LogP contribution in [0.25, 0.3) is 0 Å². The molecule has 0 aromatic heterocycles. The van der Waals surface area contributed by atoms with Gasteiger partial charge in [0.1, 0.15) is 0 Å². The maximum atomic E-state index is 2.35. The van der Waals surface area contributed by atoms with Crippen molar-refractivity contribution in [1.29, 1.82) is 0 Å². The third kappa shape index (κ3) is 2.48. The van der Waals surface area contributed by atoms with E-state index in [9.17, 15) is 0 Å². The SMILES string of the molecule is CCC(C)(C)[C](C)(C)[Sn]. The third-order valence-electron chi connectivity index (χ3n) is 2.58. The predicted molar refractivity (Wildman–Crippen MR) is 43.9 cm³/mol. The molecule has 0 aliphatic rings. The Balaban J connectivity index is 4.14. The van der Waals surface area contributed by atoms with Gasteiger partial charge in [0.15, 0.2) is 0 Å². The van der Waals surface area contributed by atoms with Crippen molar-refractivity contribution in [2.24, 2.45) is 5.41 Å². The van der Waals surface area contributed by atoms with Crippen molar-refractivity contribution >= 4 is 22.5 Å². The van der Waals surface area contributed by atoms with E-state index in [2.05, 4.69) is 34.6 Å². The van der Waals surface area contributed by atoms with E-state index in [1.807, 2.05) is 0 Å². The molecule has 0 unspecified atom stereocenters. The first-order chi connectivity index (χ1) is 3.81. The quantitative estimate of drug-likeness (QED) is 0.642. The minimum atomic E-state index is 0.519. The molecule has 0 saturated carbocycles. The van der Waals surface area contributed by atoms with Gasteiger partial charge in [-0.25, -0.2) is 0 Å². The van der Waals surface area contributed by atoms with Crippen molar-refractivity contribution in [3.63, 3.8) is 0 Å².